The molecule has 16 heteroatoms. The van der Waals surface area contributed by atoms with Gasteiger partial charge in [0.05, 0.1) is 41.4 Å². The van der Waals surface area contributed by atoms with Crippen LogP contribution in [0.2, 0.25) is 16.6 Å². The normalized spacial score (nSPS) is 19.0. The van der Waals surface area contributed by atoms with Crippen LogP contribution in [-0.2, 0) is 13.1 Å². The topological polar surface area (TPSA) is 118 Å². The molecule has 0 unspecified atom stereocenters. The molecule has 346 valence electrons. The quantitative estimate of drug-likeness (QED) is 0.0759. The monoisotopic (exact) mass is 913 g/mol. The summed E-state index contributed by atoms with van der Waals surface area (Å²) in [6.45, 7) is 18.6. The molecule has 0 saturated carbocycles. The Morgan fingerprint density at radius 1 is 0.969 bits per heavy atom. The van der Waals surface area contributed by atoms with Gasteiger partial charge in [0.15, 0.2) is 23.1 Å². The Kier molecular flexibility index (Phi) is 12.6. The van der Waals surface area contributed by atoms with Gasteiger partial charge in [-0.05, 0) is 85.9 Å². The average molecular weight is 914 g/mol. The summed E-state index contributed by atoms with van der Waals surface area (Å²) in [4.78, 5) is 26.4. The Morgan fingerprint density at radius 2 is 1.71 bits per heavy atom. The Hall–Kier alpha value is -5.40. The molecule has 5 aromatic rings. The van der Waals surface area contributed by atoms with Crippen LogP contribution in [0.3, 0.4) is 0 Å². The maximum absolute atomic E-state index is 18.0. The number of phenols is 1. The third-order valence-electron chi connectivity index (χ3n) is 13.9. The van der Waals surface area contributed by atoms with Crippen molar-refractivity contribution >= 4 is 41.5 Å². The van der Waals surface area contributed by atoms with E-state index in [0.29, 0.717) is 43.6 Å². The van der Waals surface area contributed by atoms with E-state index in [4.69, 9.17) is 14.5 Å². The summed E-state index contributed by atoms with van der Waals surface area (Å²) in [5.74, 6) is -0.601. The smallest absolute Gasteiger partial charge is 0.319 e. The first-order chi connectivity index (χ1) is 30.9. The van der Waals surface area contributed by atoms with Gasteiger partial charge in [0.2, 0.25) is 0 Å². The lowest BCUT2D eigenvalue weighted by Crippen LogP contribution is -2.43. The number of rotatable bonds is 11. The van der Waals surface area contributed by atoms with Crippen molar-refractivity contribution in [2.75, 3.05) is 38.3 Å². The SMILES string of the molecule is COc1c(F)c(-c2cc(O)cc3ccc(F)c(C#C[Si](C(C)C)(C(C)C)C(C)C)c23)c(F)c2nc(OC[C@@]34CCCN3C[C@H](F)C4)nc(N3CCCn4nc(C(=O)NC(C)C)cc4C3)c12. The molecule has 2 fully saturated rings. The Balaban J connectivity index is 1.35. The van der Waals surface area contributed by atoms with Gasteiger partial charge in [-0.25, -0.2) is 17.6 Å². The molecule has 2 N–H and O–H groups in total. The van der Waals surface area contributed by atoms with Gasteiger partial charge in [0.25, 0.3) is 5.91 Å². The molecule has 8 rings (SSSR count). The lowest BCUT2D eigenvalue weighted by molar-refractivity contribution is 0.0937. The molecule has 0 bridgehead atoms. The number of fused-ring (bicyclic) bond motifs is 4. The minimum atomic E-state index is -2.43. The summed E-state index contributed by atoms with van der Waals surface area (Å²) in [5.41, 5.74) is 3.43. The average Bonchev–Trinajstić information content (AvgIpc) is 3.87. The largest absolute Gasteiger partial charge is 0.508 e. The van der Waals surface area contributed by atoms with Crippen LogP contribution in [0, 0.1) is 28.9 Å². The van der Waals surface area contributed by atoms with Crippen molar-refractivity contribution in [1.82, 2.24) is 30.0 Å². The number of anilines is 1. The van der Waals surface area contributed by atoms with Crippen LogP contribution in [-0.4, -0.2) is 94.8 Å². The number of benzene rings is 3. The highest BCUT2D eigenvalue weighted by atomic mass is 28.3. The molecule has 0 aliphatic carbocycles. The van der Waals surface area contributed by atoms with E-state index in [1.807, 2.05) is 18.7 Å². The van der Waals surface area contributed by atoms with E-state index in [2.05, 4.69) is 73.3 Å². The van der Waals surface area contributed by atoms with Crippen molar-refractivity contribution in [1.29, 1.82) is 0 Å². The molecular formula is C49H59F4N7O4Si. The lowest BCUT2D eigenvalue weighted by Gasteiger charge is -2.38. The molecule has 1 amide bonds. The molecule has 3 aliphatic rings. The minimum Gasteiger partial charge on any atom is -0.508 e. The molecule has 0 spiro atoms. The first kappa shape index (κ1) is 46.1. The van der Waals surface area contributed by atoms with Crippen molar-refractivity contribution in [3.63, 3.8) is 0 Å². The number of phenolic OH excluding ortho intramolecular Hbond substituents is 1. The maximum atomic E-state index is 18.0. The number of alkyl halides is 1. The third kappa shape index (κ3) is 8.17. The fourth-order valence-electron chi connectivity index (χ4n) is 11.0. The van der Waals surface area contributed by atoms with Crippen molar-refractivity contribution < 1.29 is 36.9 Å². The zero-order valence-corrected chi connectivity index (χ0v) is 39.7. The van der Waals surface area contributed by atoms with Crippen LogP contribution in [0.1, 0.15) is 103 Å². The molecule has 2 atom stereocenters. The van der Waals surface area contributed by atoms with Gasteiger partial charge < -0.3 is 24.8 Å². The number of nitrogens with one attached hydrogen (secondary N) is 1. The number of nitrogens with zero attached hydrogens (tertiary/aromatic N) is 6. The summed E-state index contributed by atoms with van der Waals surface area (Å²) in [6.07, 6.45) is 1.35. The van der Waals surface area contributed by atoms with Crippen molar-refractivity contribution in [2.24, 2.45) is 0 Å². The summed E-state index contributed by atoms with van der Waals surface area (Å²) in [6, 6.07) is 6.71. The van der Waals surface area contributed by atoms with Gasteiger partial charge in [0, 0.05) is 43.0 Å². The van der Waals surface area contributed by atoms with E-state index in [1.165, 1.54) is 31.4 Å². The second-order valence-electron chi connectivity index (χ2n) is 19.3. The second-order valence-corrected chi connectivity index (χ2v) is 24.8. The number of halogens is 4. The standard InChI is InChI=1S/C49H59F4N7O4Si/c1-27(2)54-47(62)38-21-33-25-58(16-11-18-60(33)57-38)46-41-44(55-48(56-46)64-26-49-15-10-17-59(49)24-32(50)23-49)42(52)40(43(53)45(41)63-9)36-22-34(61)20-31-12-13-37(51)35(39(31)36)14-19-65(28(3)4,29(5)6)30(7)8/h12-13,20-22,27-30,32,61H,10-11,15-18,23-26H2,1-9H3,(H,54,62)/t32-,49+/m1/s1. The summed E-state index contributed by atoms with van der Waals surface area (Å²) >= 11 is 0. The van der Waals surface area contributed by atoms with E-state index in [9.17, 15) is 14.3 Å². The molecule has 0 radical (unpaired) electrons. The van der Waals surface area contributed by atoms with Gasteiger partial charge >= 0.3 is 6.01 Å². The fourth-order valence-corrected chi connectivity index (χ4v) is 16.2. The molecule has 65 heavy (non-hydrogen) atoms. The molecule has 3 aliphatic heterocycles. The Bertz CT molecular complexity index is 2710. The van der Waals surface area contributed by atoms with Gasteiger partial charge in [0.1, 0.15) is 43.8 Å². The molecular weight excluding hydrogens is 855 g/mol. The highest BCUT2D eigenvalue weighted by Gasteiger charge is 2.49. The van der Waals surface area contributed by atoms with Gasteiger partial charge in [-0.1, -0.05) is 53.5 Å². The summed E-state index contributed by atoms with van der Waals surface area (Å²) in [7, 11) is -1.17. The zero-order chi connectivity index (χ0) is 46.7. The lowest BCUT2D eigenvalue weighted by atomic mass is 9.92. The van der Waals surface area contributed by atoms with Gasteiger partial charge in [-0.3, -0.25) is 14.4 Å². The van der Waals surface area contributed by atoms with E-state index in [1.54, 1.807) is 10.7 Å². The molecule has 2 saturated heterocycles. The number of amides is 1. The van der Waals surface area contributed by atoms with Crippen LogP contribution >= 0.6 is 0 Å². The van der Waals surface area contributed by atoms with E-state index in [0.717, 1.165) is 13.0 Å². The van der Waals surface area contributed by atoms with Crippen LogP contribution in [0.5, 0.6) is 17.5 Å². The van der Waals surface area contributed by atoms with Gasteiger partial charge in [-0.2, -0.15) is 15.1 Å². The number of aryl methyl sites for hydroxylation is 1. The minimum absolute atomic E-state index is 0.0349. The van der Waals surface area contributed by atoms with E-state index in [-0.39, 0.29) is 105 Å². The molecule has 2 aromatic heterocycles. The second kappa shape index (κ2) is 17.8. The zero-order valence-electron chi connectivity index (χ0n) is 38.7. The highest BCUT2D eigenvalue weighted by molar-refractivity contribution is 6.90. The van der Waals surface area contributed by atoms with Crippen LogP contribution in [0.25, 0.3) is 32.8 Å². The van der Waals surface area contributed by atoms with Crippen molar-refractivity contribution in [2.45, 2.75) is 129 Å². The Morgan fingerprint density at radius 3 is 2.40 bits per heavy atom. The first-order valence-electron chi connectivity index (χ1n) is 22.8. The number of carbonyl (C=O) groups excluding carboxylic acids is 1. The highest BCUT2D eigenvalue weighted by Crippen LogP contribution is 2.48. The summed E-state index contributed by atoms with van der Waals surface area (Å²) in [5, 5.41) is 18.9. The van der Waals surface area contributed by atoms with E-state index >= 15 is 13.2 Å². The molecule has 11 nitrogen and oxygen atoms in total. The molecule has 5 heterocycles. The first-order valence-corrected chi connectivity index (χ1v) is 25.0. The number of carbonyl (C=O) groups is 1. The predicted molar refractivity (Wildman–Crippen MR) is 248 cm³/mol. The third-order valence-corrected chi connectivity index (χ3v) is 20.2. The fraction of sp³-hybridized carbons (Fsp3) is 0.510. The van der Waals surface area contributed by atoms with Gasteiger partial charge in [-0.15, -0.1) is 5.54 Å². The number of aromatic hydroxyl groups is 1. The molecule has 3 aromatic carbocycles. The van der Waals surface area contributed by atoms with Crippen molar-refractivity contribution in [3.05, 3.63) is 64.7 Å². The van der Waals surface area contributed by atoms with Crippen LogP contribution in [0.15, 0.2) is 30.3 Å². The van der Waals surface area contributed by atoms with Crippen molar-refractivity contribution in [3.8, 4) is 40.1 Å². The number of hydrogen-bond donors (Lipinski definition) is 2. The number of aromatic nitrogens is 4. The van der Waals surface area contributed by atoms with E-state index < -0.39 is 42.8 Å². The number of ether oxygens (including phenoxy) is 2. The Labute approximate surface area is 378 Å². The van der Waals surface area contributed by atoms with Crippen LogP contribution in [0.4, 0.5) is 23.4 Å². The predicted octanol–water partition coefficient (Wildman–Crippen LogP) is 9.85. The van der Waals surface area contributed by atoms with Crippen LogP contribution < -0.4 is 19.7 Å². The maximum Gasteiger partial charge on any atom is 0.319 e. The number of methoxy groups -OCH3 is 1. The summed E-state index contributed by atoms with van der Waals surface area (Å²) < 4.78 is 80.8. The number of hydrogen-bond acceptors (Lipinski definition) is 9.